The molecule has 2 rings (SSSR count). The summed E-state index contributed by atoms with van der Waals surface area (Å²) in [6.07, 6.45) is -0.563. The van der Waals surface area contributed by atoms with Crippen molar-refractivity contribution >= 4 is 0 Å². The summed E-state index contributed by atoms with van der Waals surface area (Å²) >= 11 is 0. The molecule has 2 aromatic rings. The van der Waals surface area contributed by atoms with Crippen molar-refractivity contribution in [2.24, 2.45) is 0 Å². The molecule has 0 fully saturated rings. The van der Waals surface area contributed by atoms with Crippen molar-refractivity contribution in [1.29, 1.82) is 0 Å². The molecule has 0 aromatic heterocycles. The third kappa shape index (κ3) is 3.14. The van der Waals surface area contributed by atoms with Gasteiger partial charge in [-0.1, -0.05) is 12.1 Å². The van der Waals surface area contributed by atoms with Crippen LogP contribution >= 0.6 is 0 Å². The Balaban J connectivity index is 2.15. The second-order valence-electron chi connectivity index (χ2n) is 4.69. The molecular formula is C16H16F2O2. The highest BCUT2D eigenvalue weighted by molar-refractivity contribution is 5.37. The second kappa shape index (κ2) is 6.01. The molecule has 1 N–H and O–H groups in total. The first kappa shape index (κ1) is 14.5. The van der Waals surface area contributed by atoms with Crippen LogP contribution in [0.25, 0.3) is 0 Å². The van der Waals surface area contributed by atoms with Gasteiger partial charge in [0, 0.05) is 0 Å². The van der Waals surface area contributed by atoms with Crippen molar-refractivity contribution in [1.82, 2.24) is 0 Å². The quantitative estimate of drug-likeness (QED) is 0.919. The van der Waals surface area contributed by atoms with Crippen LogP contribution in [-0.4, -0.2) is 5.11 Å². The predicted octanol–water partition coefficient (Wildman–Crippen LogP) is 3.91. The summed E-state index contributed by atoms with van der Waals surface area (Å²) in [5, 5.41) is 9.48. The molecule has 0 heterocycles. The molecule has 0 saturated heterocycles. The highest BCUT2D eigenvalue weighted by atomic mass is 19.1. The largest absolute Gasteiger partial charge is 0.488 e. The first-order valence-corrected chi connectivity index (χ1v) is 6.33. The first-order chi connectivity index (χ1) is 9.49. The normalized spacial score (nSPS) is 12.2. The van der Waals surface area contributed by atoms with Crippen LogP contribution in [0.2, 0.25) is 0 Å². The van der Waals surface area contributed by atoms with E-state index in [1.165, 1.54) is 18.2 Å². The Hall–Kier alpha value is -1.94. The fourth-order valence-electron chi connectivity index (χ4n) is 1.91. The van der Waals surface area contributed by atoms with E-state index < -0.39 is 17.7 Å². The van der Waals surface area contributed by atoms with Gasteiger partial charge in [-0.25, -0.2) is 8.78 Å². The summed E-state index contributed by atoms with van der Waals surface area (Å²) in [6.45, 7) is 3.32. The van der Waals surface area contributed by atoms with Crippen LogP contribution in [0.15, 0.2) is 36.4 Å². The van der Waals surface area contributed by atoms with Crippen molar-refractivity contribution < 1.29 is 18.6 Å². The van der Waals surface area contributed by atoms with Crippen molar-refractivity contribution in [3.63, 3.8) is 0 Å². The molecule has 0 amide bonds. The molecule has 0 unspecified atom stereocenters. The molecule has 0 saturated carbocycles. The average Bonchev–Trinajstić information content (AvgIpc) is 2.39. The molecule has 0 radical (unpaired) electrons. The number of hydrogen-bond acceptors (Lipinski definition) is 2. The minimum absolute atomic E-state index is 0.0912. The monoisotopic (exact) mass is 278 g/mol. The van der Waals surface area contributed by atoms with E-state index in [1.807, 2.05) is 6.92 Å². The van der Waals surface area contributed by atoms with Gasteiger partial charge in [0.05, 0.1) is 11.7 Å². The number of hydrogen-bond donors (Lipinski definition) is 1. The molecule has 0 aliphatic rings. The van der Waals surface area contributed by atoms with Crippen LogP contribution in [-0.2, 0) is 6.61 Å². The minimum atomic E-state index is -0.622. The van der Waals surface area contributed by atoms with Crippen molar-refractivity contribution in [2.45, 2.75) is 26.6 Å². The highest BCUT2D eigenvalue weighted by Gasteiger charge is 2.10. The van der Waals surface area contributed by atoms with E-state index >= 15 is 0 Å². The standard InChI is InChI=1S/C16H16F2O2/c1-10-8-12(11(2)19)6-7-16(10)20-9-13-14(17)4-3-5-15(13)18/h3-8,11,19H,9H2,1-2H3/t11-/m1/s1. The molecular weight excluding hydrogens is 262 g/mol. The summed E-state index contributed by atoms with van der Waals surface area (Å²) < 4.78 is 32.4. The van der Waals surface area contributed by atoms with E-state index in [9.17, 15) is 13.9 Å². The lowest BCUT2D eigenvalue weighted by Gasteiger charge is -2.12. The van der Waals surface area contributed by atoms with E-state index in [2.05, 4.69) is 0 Å². The van der Waals surface area contributed by atoms with Gasteiger partial charge < -0.3 is 9.84 Å². The summed E-state index contributed by atoms with van der Waals surface area (Å²) in [5.74, 6) is -0.705. The maximum absolute atomic E-state index is 13.5. The maximum atomic E-state index is 13.5. The number of aliphatic hydroxyl groups is 1. The molecule has 0 aliphatic heterocycles. The second-order valence-corrected chi connectivity index (χ2v) is 4.69. The summed E-state index contributed by atoms with van der Waals surface area (Å²) in [6, 6.07) is 8.92. The highest BCUT2D eigenvalue weighted by Crippen LogP contribution is 2.24. The van der Waals surface area contributed by atoms with E-state index in [0.717, 1.165) is 11.1 Å². The summed E-state index contributed by atoms with van der Waals surface area (Å²) in [4.78, 5) is 0. The fraction of sp³-hybridized carbons (Fsp3) is 0.250. The minimum Gasteiger partial charge on any atom is -0.488 e. The fourth-order valence-corrected chi connectivity index (χ4v) is 1.91. The molecule has 2 nitrogen and oxygen atoms in total. The Morgan fingerprint density at radius 2 is 1.80 bits per heavy atom. The van der Waals surface area contributed by atoms with Gasteiger partial charge in [-0.3, -0.25) is 0 Å². The van der Waals surface area contributed by atoms with Crippen LogP contribution in [0.3, 0.4) is 0 Å². The van der Waals surface area contributed by atoms with Crippen LogP contribution < -0.4 is 4.74 Å². The van der Waals surface area contributed by atoms with E-state index in [4.69, 9.17) is 4.74 Å². The van der Waals surface area contributed by atoms with Crippen LogP contribution in [0, 0.1) is 18.6 Å². The molecule has 20 heavy (non-hydrogen) atoms. The molecule has 0 spiro atoms. The zero-order chi connectivity index (χ0) is 14.7. The average molecular weight is 278 g/mol. The number of halogens is 2. The van der Waals surface area contributed by atoms with Crippen LogP contribution in [0.5, 0.6) is 5.75 Å². The summed E-state index contributed by atoms with van der Waals surface area (Å²) in [7, 11) is 0. The van der Waals surface area contributed by atoms with E-state index in [1.54, 1.807) is 25.1 Å². The number of aliphatic hydroxyl groups excluding tert-OH is 1. The van der Waals surface area contributed by atoms with E-state index in [0.29, 0.717) is 5.75 Å². The zero-order valence-corrected chi connectivity index (χ0v) is 11.4. The molecule has 1 atom stereocenters. The molecule has 0 aliphatic carbocycles. The van der Waals surface area contributed by atoms with Gasteiger partial charge in [0.15, 0.2) is 0 Å². The van der Waals surface area contributed by atoms with Crippen molar-refractivity contribution in [2.75, 3.05) is 0 Å². The number of aryl methyl sites for hydroxylation is 1. The lowest BCUT2D eigenvalue weighted by molar-refractivity contribution is 0.199. The molecule has 106 valence electrons. The Labute approximate surface area is 116 Å². The third-order valence-corrected chi connectivity index (χ3v) is 3.12. The maximum Gasteiger partial charge on any atom is 0.132 e. The predicted molar refractivity (Wildman–Crippen MR) is 72.5 cm³/mol. The summed E-state index contributed by atoms with van der Waals surface area (Å²) in [5.41, 5.74) is 1.48. The van der Waals surface area contributed by atoms with Crippen LogP contribution in [0.1, 0.15) is 29.7 Å². The van der Waals surface area contributed by atoms with Gasteiger partial charge in [0.25, 0.3) is 0 Å². The molecule has 4 heteroatoms. The Kier molecular flexibility index (Phi) is 4.35. The third-order valence-electron chi connectivity index (χ3n) is 3.12. The van der Waals surface area contributed by atoms with Gasteiger partial charge in [-0.2, -0.15) is 0 Å². The molecule has 2 aromatic carbocycles. The van der Waals surface area contributed by atoms with Crippen molar-refractivity contribution in [3.8, 4) is 5.75 Å². The zero-order valence-electron chi connectivity index (χ0n) is 11.4. The lowest BCUT2D eigenvalue weighted by Crippen LogP contribution is -2.03. The SMILES string of the molecule is Cc1cc([C@@H](C)O)ccc1OCc1c(F)cccc1F. The Bertz CT molecular complexity index is 589. The Morgan fingerprint density at radius 3 is 2.35 bits per heavy atom. The van der Waals surface area contributed by atoms with Gasteiger partial charge in [0.2, 0.25) is 0 Å². The topological polar surface area (TPSA) is 29.5 Å². The van der Waals surface area contributed by atoms with Crippen molar-refractivity contribution in [3.05, 3.63) is 64.7 Å². The van der Waals surface area contributed by atoms with Gasteiger partial charge >= 0.3 is 0 Å². The van der Waals surface area contributed by atoms with Gasteiger partial charge in [-0.05, 0) is 49.2 Å². The van der Waals surface area contributed by atoms with Gasteiger partial charge in [0.1, 0.15) is 24.0 Å². The number of rotatable bonds is 4. The number of ether oxygens (including phenoxy) is 1. The number of benzene rings is 2. The lowest BCUT2D eigenvalue weighted by atomic mass is 10.1. The Morgan fingerprint density at radius 1 is 1.15 bits per heavy atom. The molecule has 0 bridgehead atoms. The first-order valence-electron chi connectivity index (χ1n) is 6.33. The van der Waals surface area contributed by atoms with Crippen LogP contribution in [0.4, 0.5) is 8.78 Å². The van der Waals surface area contributed by atoms with E-state index in [-0.39, 0.29) is 12.2 Å². The van der Waals surface area contributed by atoms with Gasteiger partial charge in [-0.15, -0.1) is 0 Å². The smallest absolute Gasteiger partial charge is 0.132 e.